The monoisotopic (exact) mass is 334 g/mol. The van der Waals surface area contributed by atoms with Gasteiger partial charge in [0.15, 0.2) is 0 Å². The van der Waals surface area contributed by atoms with E-state index in [9.17, 15) is 4.79 Å². The second-order valence-electron chi connectivity index (χ2n) is 4.18. The molecule has 1 aromatic heterocycles. The lowest BCUT2D eigenvalue weighted by Gasteiger charge is -2.09. The van der Waals surface area contributed by atoms with Crippen LogP contribution >= 0.6 is 27.5 Å². The van der Waals surface area contributed by atoms with Crippen molar-refractivity contribution in [3.05, 3.63) is 27.5 Å². The van der Waals surface area contributed by atoms with E-state index < -0.39 is 0 Å². The first kappa shape index (κ1) is 15.4. The van der Waals surface area contributed by atoms with E-state index in [1.165, 1.54) is 0 Å². The summed E-state index contributed by atoms with van der Waals surface area (Å²) < 4.78 is 0.714. The molecule has 0 fully saturated rings. The Morgan fingerprint density at radius 1 is 1.67 bits per heavy atom. The summed E-state index contributed by atoms with van der Waals surface area (Å²) in [5.74, 6) is 0.0310. The topological polar surface area (TPSA) is 62.2 Å². The third-order valence-electron chi connectivity index (χ3n) is 2.52. The van der Waals surface area contributed by atoms with E-state index in [0.717, 1.165) is 12.8 Å². The standard InChI is InChI=1S/C12H16BrClN2O2/c1-8(7-17)3-2-4-15-12(18)10-5-9(13)6-16-11(10)14/h5-6,8,17H,2-4,7H2,1H3,(H,15,18). The number of carbonyl (C=O) groups is 1. The van der Waals surface area contributed by atoms with Gasteiger partial charge in [0.1, 0.15) is 5.15 Å². The van der Waals surface area contributed by atoms with Gasteiger partial charge in [-0.1, -0.05) is 18.5 Å². The van der Waals surface area contributed by atoms with Crippen LogP contribution in [0.2, 0.25) is 5.15 Å². The molecule has 0 radical (unpaired) electrons. The highest BCUT2D eigenvalue weighted by Gasteiger charge is 2.11. The van der Waals surface area contributed by atoms with Crippen LogP contribution in [0.15, 0.2) is 16.7 Å². The highest BCUT2D eigenvalue weighted by Crippen LogP contribution is 2.17. The Morgan fingerprint density at radius 2 is 2.39 bits per heavy atom. The highest BCUT2D eigenvalue weighted by molar-refractivity contribution is 9.10. The number of nitrogens with one attached hydrogen (secondary N) is 1. The lowest BCUT2D eigenvalue weighted by atomic mass is 10.1. The molecular weight excluding hydrogens is 320 g/mol. The zero-order chi connectivity index (χ0) is 13.5. The number of aliphatic hydroxyl groups excluding tert-OH is 1. The van der Waals surface area contributed by atoms with Crippen molar-refractivity contribution in [3.63, 3.8) is 0 Å². The van der Waals surface area contributed by atoms with Gasteiger partial charge >= 0.3 is 0 Å². The molecule has 1 rings (SSSR count). The zero-order valence-corrected chi connectivity index (χ0v) is 12.5. The summed E-state index contributed by atoms with van der Waals surface area (Å²) in [5, 5.41) is 11.8. The van der Waals surface area contributed by atoms with Crippen LogP contribution in [0.1, 0.15) is 30.1 Å². The average molecular weight is 336 g/mol. The number of hydrogen-bond donors (Lipinski definition) is 2. The molecule has 6 heteroatoms. The summed E-state index contributed by atoms with van der Waals surface area (Å²) in [6.07, 6.45) is 3.25. The van der Waals surface area contributed by atoms with Crippen LogP contribution in [-0.2, 0) is 0 Å². The van der Waals surface area contributed by atoms with Gasteiger partial charge < -0.3 is 10.4 Å². The molecule has 0 aromatic carbocycles. The van der Waals surface area contributed by atoms with Crippen molar-refractivity contribution in [2.24, 2.45) is 5.92 Å². The molecule has 0 bridgehead atoms. The zero-order valence-electron chi connectivity index (χ0n) is 10.1. The normalized spacial score (nSPS) is 12.2. The smallest absolute Gasteiger partial charge is 0.254 e. The maximum absolute atomic E-state index is 11.8. The molecule has 4 nitrogen and oxygen atoms in total. The molecule has 0 aliphatic rings. The quantitative estimate of drug-likeness (QED) is 0.620. The van der Waals surface area contributed by atoms with Crippen LogP contribution in [0.4, 0.5) is 0 Å². The molecule has 1 atom stereocenters. The maximum Gasteiger partial charge on any atom is 0.254 e. The number of pyridine rings is 1. The molecule has 1 aromatic rings. The number of aliphatic hydroxyl groups is 1. The van der Waals surface area contributed by atoms with Crippen LogP contribution < -0.4 is 5.32 Å². The number of rotatable bonds is 6. The first-order valence-corrected chi connectivity index (χ1v) is 6.91. The fraction of sp³-hybridized carbons (Fsp3) is 0.500. The van der Waals surface area contributed by atoms with Gasteiger partial charge in [0, 0.05) is 23.8 Å². The number of hydrogen-bond acceptors (Lipinski definition) is 3. The SMILES string of the molecule is CC(CO)CCCNC(=O)c1cc(Br)cnc1Cl. The fourth-order valence-electron chi connectivity index (χ4n) is 1.42. The molecule has 1 heterocycles. The van der Waals surface area contributed by atoms with Gasteiger partial charge in [-0.05, 0) is 40.8 Å². The minimum Gasteiger partial charge on any atom is -0.396 e. The van der Waals surface area contributed by atoms with Gasteiger partial charge in [0.2, 0.25) is 0 Å². The molecule has 0 aliphatic carbocycles. The van der Waals surface area contributed by atoms with Gasteiger partial charge in [0.25, 0.3) is 5.91 Å². The molecule has 0 aliphatic heterocycles. The largest absolute Gasteiger partial charge is 0.396 e. The Hall–Kier alpha value is -0.650. The Bertz CT molecular complexity index is 415. The van der Waals surface area contributed by atoms with Gasteiger partial charge in [-0.3, -0.25) is 4.79 Å². The van der Waals surface area contributed by atoms with E-state index in [1.807, 2.05) is 6.92 Å². The summed E-state index contributed by atoms with van der Waals surface area (Å²) >= 11 is 9.10. The van der Waals surface area contributed by atoms with Gasteiger partial charge in [-0.25, -0.2) is 4.98 Å². The van der Waals surface area contributed by atoms with Gasteiger partial charge in [-0.2, -0.15) is 0 Å². The van der Waals surface area contributed by atoms with E-state index in [0.29, 0.717) is 16.6 Å². The van der Waals surface area contributed by atoms with E-state index in [2.05, 4.69) is 26.2 Å². The third kappa shape index (κ3) is 4.92. The Balaban J connectivity index is 2.43. The minimum atomic E-state index is -0.231. The predicted molar refractivity (Wildman–Crippen MR) is 74.8 cm³/mol. The van der Waals surface area contributed by atoms with E-state index in [-0.39, 0.29) is 23.6 Å². The van der Waals surface area contributed by atoms with E-state index >= 15 is 0 Å². The number of amides is 1. The average Bonchev–Trinajstić information content (AvgIpc) is 2.36. The first-order chi connectivity index (χ1) is 8.54. The van der Waals surface area contributed by atoms with Crippen LogP contribution in [0.5, 0.6) is 0 Å². The Labute approximate surface area is 120 Å². The van der Waals surface area contributed by atoms with Crippen LogP contribution in [0, 0.1) is 5.92 Å². The number of aromatic nitrogens is 1. The summed E-state index contributed by atoms with van der Waals surface area (Å²) in [7, 11) is 0. The van der Waals surface area contributed by atoms with Crippen molar-refractivity contribution in [2.75, 3.05) is 13.2 Å². The molecule has 0 saturated carbocycles. The van der Waals surface area contributed by atoms with Crippen LogP contribution in [-0.4, -0.2) is 29.1 Å². The summed E-state index contributed by atoms with van der Waals surface area (Å²) in [4.78, 5) is 15.7. The molecule has 2 N–H and O–H groups in total. The van der Waals surface area contributed by atoms with Crippen molar-refractivity contribution in [2.45, 2.75) is 19.8 Å². The molecule has 0 spiro atoms. The number of nitrogens with zero attached hydrogens (tertiary/aromatic N) is 1. The summed E-state index contributed by atoms with van der Waals surface area (Å²) in [6, 6.07) is 1.64. The molecule has 18 heavy (non-hydrogen) atoms. The van der Waals surface area contributed by atoms with Crippen LogP contribution in [0.25, 0.3) is 0 Å². The van der Waals surface area contributed by atoms with E-state index in [4.69, 9.17) is 16.7 Å². The molecule has 1 amide bonds. The van der Waals surface area contributed by atoms with Crippen molar-refractivity contribution in [1.29, 1.82) is 0 Å². The second kappa shape index (κ2) is 7.71. The van der Waals surface area contributed by atoms with Crippen LogP contribution in [0.3, 0.4) is 0 Å². The third-order valence-corrected chi connectivity index (χ3v) is 3.26. The van der Waals surface area contributed by atoms with Gasteiger partial charge in [0.05, 0.1) is 5.56 Å². The maximum atomic E-state index is 11.8. The fourth-order valence-corrected chi connectivity index (χ4v) is 1.94. The Morgan fingerprint density at radius 3 is 3.06 bits per heavy atom. The minimum absolute atomic E-state index is 0.176. The highest BCUT2D eigenvalue weighted by atomic mass is 79.9. The molecule has 100 valence electrons. The summed E-state index contributed by atoms with van der Waals surface area (Å²) in [5.41, 5.74) is 0.362. The first-order valence-electron chi connectivity index (χ1n) is 5.74. The van der Waals surface area contributed by atoms with Crippen molar-refractivity contribution in [1.82, 2.24) is 10.3 Å². The second-order valence-corrected chi connectivity index (χ2v) is 5.45. The number of halogens is 2. The lowest BCUT2D eigenvalue weighted by molar-refractivity contribution is 0.0952. The molecule has 1 unspecified atom stereocenters. The van der Waals surface area contributed by atoms with Crippen molar-refractivity contribution >= 4 is 33.4 Å². The van der Waals surface area contributed by atoms with E-state index in [1.54, 1.807) is 12.3 Å². The summed E-state index contributed by atoms with van der Waals surface area (Å²) in [6.45, 7) is 2.71. The molecule has 0 saturated heterocycles. The predicted octanol–water partition coefficient (Wildman–Crippen LogP) is 2.64. The van der Waals surface area contributed by atoms with Crippen molar-refractivity contribution < 1.29 is 9.90 Å². The number of carbonyl (C=O) groups excluding carboxylic acids is 1. The molecular formula is C12H16BrClN2O2. The van der Waals surface area contributed by atoms with Gasteiger partial charge in [-0.15, -0.1) is 0 Å². The van der Waals surface area contributed by atoms with Crippen molar-refractivity contribution in [3.8, 4) is 0 Å². The Kier molecular flexibility index (Phi) is 6.60. The lowest BCUT2D eigenvalue weighted by Crippen LogP contribution is -2.25.